The molecule has 0 bridgehead atoms. The number of imidazole rings is 1. The fraction of sp³-hybridized carbons (Fsp3) is 0.333. The molecule has 16 heteroatoms. The van der Waals surface area contributed by atoms with Crippen LogP contribution in [0.3, 0.4) is 0 Å². The van der Waals surface area contributed by atoms with Crippen molar-refractivity contribution in [3.63, 3.8) is 0 Å². The van der Waals surface area contributed by atoms with Crippen molar-refractivity contribution in [3.8, 4) is 0 Å². The van der Waals surface area contributed by atoms with Crippen LogP contribution >= 0.6 is 22.9 Å². The minimum absolute atomic E-state index is 0.0380. The monoisotopic (exact) mass is 554 g/mol. The van der Waals surface area contributed by atoms with Crippen molar-refractivity contribution in [2.75, 3.05) is 19.5 Å². The first kappa shape index (κ1) is 26.6. The van der Waals surface area contributed by atoms with Gasteiger partial charge in [-0.25, -0.2) is 23.9 Å². The summed E-state index contributed by atoms with van der Waals surface area (Å²) in [6.07, 6.45) is -5.32. The molecule has 0 unspecified atom stereocenters. The number of carboxylic acid groups (broad SMARTS) is 2. The number of anilines is 1. The van der Waals surface area contributed by atoms with Gasteiger partial charge in [0.2, 0.25) is 11.6 Å². The van der Waals surface area contributed by atoms with Crippen molar-refractivity contribution in [3.05, 3.63) is 40.9 Å². The Balaban J connectivity index is 1.57. The van der Waals surface area contributed by atoms with Gasteiger partial charge < -0.3 is 30.5 Å². The number of aromatic nitrogens is 5. The van der Waals surface area contributed by atoms with Crippen LogP contribution in [0.5, 0.6) is 0 Å². The quantitative estimate of drug-likeness (QED) is 0.155. The standard InChI is InChI=1S/C21H20ClFN6O7S/c1-35-10(14(30)15(23)29-8-25-13-16(24)27-20(22)28-17(13)29)7-36-21(18(31)32,19(33)34)6-12-26-9-4-2-3-5-11(9)37-12/h2-5,8,10,14-15,30H,6-7H2,1H3,(H,31,32)(H,33,34)(H2,24,27,28)/t10-,14-,15-/m1/s1. The maximum atomic E-state index is 15.3. The van der Waals surface area contributed by atoms with E-state index in [-0.39, 0.29) is 27.3 Å². The highest BCUT2D eigenvalue weighted by Crippen LogP contribution is 2.29. The lowest BCUT2D eigenvalue weighted by atomic mass is 10.00. The number of hydrogen-bond acceptors (Lipinski definition) is 11. The molecule has 196 valence electrons. The summed E-state index contributed by atoms with van der Waals surface area (Å²) in [7, 11) is 1.11. The van der Waals surface area contributed by atoms with Crippen LogP contribution in [0.15, 0.2) is 30.6 Å². The first-order valence-electron chi connectivity index (χ1n) is 10.5. The Hall–Kier alpha value is -3.50. The predicted octanol–water partition coefficient (Wildman–Crippen LogP) is 1.68. The summed E-state index contributed by atoms with van der Waals surface area (Å²) in [4.78, 5) is 40.0. The van der Waals surface area contributed by atoms with Crippen LogP contribution in [0.25, 0.3) is 21.4 Å². The van der Waals surface area contributed by atoms with Crippen LogP contribution in [0.2, 0.25) is 5.28 Å². The number of carboxylic acids is 2. The second-order valence-corrected chi connectivity index (χ2v) is 9.29. The van der Waals surface area contributed by atoms with Crippen molar-refractivity contribution in [2.45, 2.75) is 30.5 Å². The summed E-state index contributed by atoms with van der Waals surface area (Å²) in [6, 6.07) is 6.95. The lowest BCUT2D eigenvalue weighted by Gasteiger charge is -2.29. The van der Waals surface area contributed by atoms with E-state index < -0.39 is 49.1 Å². The van der Waals surface area contributed by atoms with Gasteiger partial charge in [0, 0.05) is 7.11 Å². The van der Waals surface area contributed by atoms with Gasteiger partial charge in [0.15, 0.2) is 11.5 Å². The predicted molar refractivity (Wildman–Crippen MR) is 129 cm³/mol. The van der Waals surface area contributed by atoms with Crippen molar-refractivity contribution in [2.24, 2.45) is 0 Å². The maximum Gasteiger partial charge on any atom is 0.348 e. The zero-order chi connectivity index (χ0) is 26.9. The lowest BCUT2D eigenvalue weighted by molar-refractivity contribution is -0.192. The highest BCUT2D eigenvalue weighted by molar-refractivity contribution is 7.18. The molecule has 0 amide bonds. The number of fused-ring (bicyclic) bond motifs is 2. The highest BCUT2D eigenvalue weighted by Gasteiger charge is 2.50. The molecule has 0 spiro atoms. The van der Waals surface area contributed by atoms with E-state index in [4.69, 9.17) is 26.8 Å². The average molecular weight is 555 g/mol. The number of nitrogens with two attached hydrogens (primary N) is 1. The number of aliphatic carboxylic acids is 2. The van der Waals surface area contributed by atoms with E-state index in [0.717, 1.165) is 34.0 Å². The molecule has 1 aromatic carbocycles. The number of carbonyl (C=O) groups is 2. The number of alkyl halides is 1. The third-order valence-corrected chi connectivity index (χ3v) is 6.78. The van der Waals surface area contributed by atoms with Gasteiger partial charge in [-0.1, -0.05) is 12.1 Å². The van der Waals surface area contributed by atoms with Gasteiger partial charge in [0.05, 0.1) is 34.6 Å². The SMILES string of the molecule is CO[C@H](COC(Cc1nc2ccccc2s1)(C(=O)O)C(=O)O)[C@@H](O)[C@H](F)n1cnc2c(N)nc(Cl)nc21. The molecule has 13 nitrogen and oxygen atoms in total. The zero-order valence-corrected chi connectivity index (χ0v) is 20.6. The van der Waals surface area contributed by atoms with Crippen LogP contribution in [-0.4, -0.2) is 83.3 Å². The number of hydrogen-bond donors (Lipinski definition) is 4. The molecular formula is C21H20ClFN6O7S. The smallest absolute Gasteiger partial charge is 0.348 e. The average Bonchev–Trinajstić information content (AvgIpc) is 3.46. The van der Waals surface area contributed by atoms with E-state index in [9.17, 15) is 24.9 Å². The lowest BCUT2D eigenvalue weighted by Crippen LogP contribution is -2.53. The van der Waals surface area contributed by atoms with Crippen molar-refractivity contribution in [1.29, 1.82) is 0 Å². The van der Waals surface area contributed by atoms with Crippen LogP contribution in [-0.2, 0) is 25.5 Å². The van der Waals surface area contributed by atoms with Crippen LogP contribution in [0, 0.1) is 0 Å². The Morgan fingerprint density at radius 2 is 1.95 bits per heavy atom. The zero-order valence-electron chi connectivity index (χ0n) is 19.0. The largest absolute Gasteiger partial charge is 0.479 e. The van der Waals surface area contributed by atoms with E-state index in [1.54, 1.807) is 24.3 Å². The van der Waals surface area contributed by atoms with Gasteiger partial charge in [-0.2, -0.15) is 9.97 Å². The van der Waals surface area contributed by atoms with Gasteiger partial charge in [-0.3, -0.25) is 4.57 Å². The van der Waals surface area contributed by atoms with Gasteiger partial charge in [-0.05, 0) is 23.7 Å². The molecule has 5 N–H and O–H groups in total. The summed E-state index contributed by atoms with van der Waals surface area (Å²) >= 11 is 6.90. The Bertz CT molecular complexity index is 1420. The fourth-order valence-electron chi connectivity index (χ4n) is 3.59. The van der Waals surface area contributed by atoms with E-state index in [1.807, 2.05) is 0 Å². The number of aliphatic hydroxyl groups excluding tert-OH is 1. The summed E-state index contributed by atoms with van der Waals surface area (Å²) < 4.78 is 27.4. The molecule has 0 saturated heterocycles. The van der Waals surface area contributed by atoms with Gasteiger partial charge >= 0.3 is 11.9 Å². The van der Waals surface area contributed by atoms with E-state index >= 15 is 4.39 Å². The Labute approximate surface area is 216 Å². The van der Waals surface area contributed by atoms with Crippen molar-refractivity contribution >= 4 is 62.1 Å². The molecule has 0 aliphatic rings. The summed E-state index contributed by atoms with van der Waals surface area (Å²) in [5.74, 6) is -3.71. The van der Waals surface area contributed by atoms with Crippen LogP contribution < -0.4 is 5.73 Å². The Morgan fingerprint density at radius 1 is 1.24 bits per heavy atom. The third-order valence-electron chi connectivity index (χ3n) is 5.58. The molecule has 0 saturated carbocycles. The van der Waals surface area contributed by atoms with E-state index in [2.05, 4.69) is 19.9 Å². The summed E-state index contributed by atoms with van der Waals surface area (Å²) in [6.45, 7) is -0.800. The van der Waals surface area contributed by atoms with Gasteiger partial charge in [0.25, 0.3) is 5.60 Å². The minimum atomic E-state index is -2.78. The molecule has 0 fully saturated rings. The number of nitrogen functional groups attached to an aromatic ring is 1. The molecule has 3 atom stereocenters. The fourth-order valence-corrected chi connectivity index (χ4v) is 4.80. The van der Waals surface area contributed by atoms with E-state index in [1.165, 1.54) is 0 Å². The molecule has 0 radical (unpaired) electrons. The molecular weight excluding hydrogens is 535 g/mol. The molecule has 3 aromatic heterocycles. The number of benzene rings is 1. The summed E-state index contributed by atoms with van der Waals surface area (Å²) in [5, 5.41) is 30.2. The molecule has 0 aliphatic carbocycles. The topological polar surface area (TPSA) is 196 Å². The van der Waals surface area contributed by atoms with Crippen LogP contribution in [0.4, 0.5) is 10.2 Å². The number of nitrogens with zero attached hydrogens (tertiary/aromatic N) is 5. The highest BCUT2D eigenvalue weighted by atomic mass is 35.5. The number of aliphatic hydroxyl groups is 1. The Kier molecular flexibility index (Phi) is 7.52. The van der Waals surface area contributed by atoms with E-state index in [0.29, 0.717) is 5.52 Å². The van der Waals surface area contributed by atoms with Crippen molar-refractivity contribution in [1.82, 2.24) is 24.5 Å². The molecule has 3 heterocycles. The molecule has 4 aromatic rings. The number of halogens is 2. The summed E-state index contributed by atoms with van der Waals surface area (Å²) in [5.41, 5.74) is 3.42. The number of ether oxygens (including phenoxy) is 2. The van der Waals surface area contributed by atoms with Gasteiger partial charge in [0.1, 0.15) is 17.7 Å². The number of thiazole rings is 1. The number of methoxy groups -OCH3 is 1. The van der Waals surface area contributed by atoms with Crippen molar-refractivity contribution < 1.29 is 38.8 Å². The van der Waals surface area contributed by atoms with Crippen LogP contribution in [0.1, 0.15) is 11.3 Å². The first-order valence-corrected chi connectivity index (χ1v) is 11.7. The minimum Gasteiger partial charge on any atom is -0.479 e. The Morgan fingerprint density at radius 3 is 2.59 bits per heavy atom. The second-order valence-electron chi connectivity index (χ2n) is 7.84. The number of para-hydroxylation sites is 1. The molecule has 37 heavy (non-hydrogen) atoms. The molecule has 0 aliphatic heterocycles. The first-order chi connectivity index (χ1) is 17.6. The normalized spacial score (nSPS) is 14.6. The maximum absolute atomic E-state index is 15.3. The van der Waals surface area contributed by atoms with Gasteiger partial charge in [-0.15, -0.1) is 11.3 Å². The second kappa shape index (κ2) is 10.5. The molecule has 4 rings (SSSR count). The number of rotatable bonds is 11. The third kappa shape index (κ3) is 5.03.